The summed E-state index contributed by atoms with van der Waals surface area (Å²) in [6.45, 7) is 4.78. The molecule has 24 heavy (non-hydrogen) atoms. The summed E-state index contributed by atoms with van der Waals surface area (Å²) in [5, 5.41) is 10.7. The third kappa shape index (κ3) is 3.20. The van der Waals surface area contributed by atoms with Gasteiger partial charge in [-0.15, -0.1) is 0 Å². The predicted molar refractivity (Wildman–Crippen MR) is 90.6 cm³/mol. The van der Waals surface area contributed by atoms with Gasteiger partial charge in [-0.1, -0.05) is 19.1 Å². The number of hydrogen-bond donors (Lipinski definition) is 2. The van der Waals surface area contributed by atoms with Crippen LogP contribution in [0.25, 0.3) is 0 Å². The highest BCUT2D eigenvalue weighted by Crippen LogP contribution is 2.31. The molecule has 1 aromatic heterocycles. The molecule has 126 valence electrons. The van der Waals surface area contributed by atoms with Crippen molar-refractivity contribution in [3.05, 3.63) is 41.7 Å². The lowest BCUT2D eigenvalue weighted by Gasteiger charge is -2.38. The Kier molecular flexibility index (Phi) is 4.17. The smallest absolute Gasteiger partial charge is 0.270 e. The molecule has 1 aliphatic heterocycles. The molecule has 0 unspecified atom stereocenters. The Bertz CT molecular complexity index is 751. The normalized spacial score (nSPS) is 15.1. The molecule has 1 aromatic carbocycles. The molecule has 0 bridgehead atoms. The molecule has 0 radical (unpaired) electrons. The lowest BCUT2D eigenvalue weighted by molar-refractivity contribution is 0.0175. The van der Waals surface area contributed by atoms with Crippen LogP contribution in [0.5, 0.6) is 0 Å². The molecule has 0 saturated carbocycles. The van der Waals surface area contributed by atoms with Gasteiger partial charge in [0.1, 0.15) is 18.0 Å². The second kappa shape index (κ2) is 6.14. The lowest BCUT2D eigenvalue weighted by Crippen LogP contribution is -2.46. The number of anilines is 3. The molecule has 0 spiro atoms. The van der Waals surface area contributed by atoms with Crippen molar-refractivity contribution < 1.29 is 8.78 Å². The maximum atomic E-state index is 13.5. The molecular formula is C17H19F2N5. The number of halogens is 2. The largest absolute Gasteiger partial charge is 0.355 e. The highest BCUT2D eigenvalue weighted by atomic mass is 19.3. The van der Waals surface area contributed by atoms with Crippen LogP contribution in [-0.4, -0.2) is 29.3 Å². The quantitative estimate of drug-likeness (QED) is 0.818. The van der Waals surface area contributed by atoms with E-state index in [0.29, 0.717) is 28.8 Å². The van der Waals surface area contributed by atoms with E-state index in [-0.39, 0.29) is 5.56 Å². The van der Waals surface area contributed by atoms with Crippen molar-refractivity contribution >= 4 is 23.5 Å². The van der Waals surface area contributed by atoms with Gasteiger partial charge < -0.3 is 15.6 Å². The number of aromatic nitrogens is 2. The van der Waals surface area contributed by atoms with E-state index in [1.165, 1.54) is 24.7 Å². The molecule has 0 atom stereocenters. The fourth-order valence-electron chi connectivity index (χ4n) is 2.75. The van der Waals surface area contributed by atoms with Crippen LogP contribution in [0.2, 0.25) is 0 Å². The van der Waals surface area contributed by atoms with E-state index in [1.54, 1.807) is 12.1 Å². The third-order valence-corrected chi connectivity index (χ3v) is 4.00. The molecule has 2 heterocycles. The Morgan fingerprint density at radius 2 is 2.08 bits per heavy atom. The van der Waals surface area contributed by atoms with Crippen molar-refractivity contribution in [2.75, 3.05) is 23.3 Å². The molecule has 0 aliphatic carbocycles. The zero-order chi connectivity index (χ0) is 17.3. The van der Waals surface area contributed by atoms with Crippen LogP contribution in [0.4, 0.5) is 26.1 Å². The number of hydrogen-bond acceptors (Lipinski definition) is 5. The first-order chi connectivity index (χ1) is 11.4. The molecule has 2 aromatic rings. The first-order valence-electron chi connectivity index (χ1n) is 7.74. The molecule has 2 N–H and O–H groups in total. The van der Waals surface area contributed by atoms with E-state index in [9.17, 15) is 8.78 Å². The van der Waals surface area contributed by atoms with Crippen LogP contribution in [-0.2, 0) is 5.92 Å². The Morgan fingerprint density at radius 1 is 1.33 bits per heavy atom. The molecule has 3 rings (SSSR count). The second-order valence-corrected chi connectivity index (χ2v) is 6.21. The van der Waals surface area contributed by atoms with Crippen molar-refractivity contribution in [2.45, 2.75) is 19.8 Å². The monoisotopic (exact) mass is 331 g/mol. The number of nitrogens with one attached hydrogen (secondary N) is 2. The van der Waals surface area contributed by atoms with Crippen molar-refractivity contribution in [2.24, 2.45) is 5.92 Å². The molecular weight excluding hydrogens is 312 g/mol. The highest BCUT2D eigenvalue weighted by molar-refractivity contribution is 5.92. The van der Waals surface area contributed by atoms with Gasteiger partial charge >= 0.3 is 0 Å². The molecule has 5 nitrogen and oxygen atoms in total. The van der Waals surface area contributed by atoms with Gasteiger partial charge in [-0.3, -0.25) is 0 Å². The van der Waals surface area contributed by atoms with Gasteiger partial charge in [-0.2, -0.15) is 0 Å². The van der Waals surface area contributed by atoms with E-state index >= 15 is 0 Å². The maximum Gasteiger partial charge on any atom is 0.270 e. The fraction of sp³-hybridized carbons (Fsp3) is 0.353. The van der Waals surface area contributed by atoms with Gasteiger partial charge in [0.25, 0.3) is 5.92 Å². The zero-order valence-electron chi connectivity index (χ0n) is 13.6. The Balaban J connectivity index is 1.90. The van der Waals surface area contributed by atoms with E-state index in [0.717, 1.165) is 20.0 Å². The van der Waals surface area contributed by atoms with E-state index in [1.807, 2.05) is 0 Å². The van der Waals surface area contributed by atoms with Crippen molar-refractivity contribution in [1.29, 1.82) is 5.41 Å². The van der Waals surface area contributed by atoms with Gasteiger partial charge in [-0.25, -0.2) is 18.7 Å². The zero-order valence-corrected chi connectivity index (χ0v) is 13.6. The topological polar surface area (TPSA) is 64.9 Å². The Hall–Kier alpha value is -2.57. The minimum Gasteiger partial charge on any atom is -0.355 e. The molecule has 1 aliphatic rings. The summed E-state index contributed by atoms with van der Waals surface area (Å²) in [4.78, 5) is 10.5. The summed E-state index contributed by atoms with van der Waals surface area (Å²) in [5.41, 5.74) is 0.978. The fourth-order valence-corrected chi connectivity index (χ4v) is 2.75. The van der Waals surface area contributed by atoms with Gasteiger partial charge in [-0.05, 0) is 18.1 Å². The summed E-state index contributed by atoms with van der Waals surface area (Å²) in [6.07, 6.45) is 2.62. The van der Waals surface area contributed by atoms with Crippen molar-refractivity contribution in [3.63, 3.8) is 0 Å². The molecule has 1 fully saturated rings. The molecule has 7 heteroatoms. The maximum absolute atomic E-state index is 13.5. The summed E-state index contributed by atoms with van der Waals surface area (Å²) >= 11 is 0. The van der Waals surface area contributed by atoms with Crippen LogP contribution in [0, 0.1) is 11.3 Å². The Labute approximate surface area is 139 Å². The van der Waals surface area contributed by atoms with Crippen molar-refractivity contribution in [3.8, 4) is 0 Å². The van der Waals surface area contributed by atoms with E-state index < -0.39 is 5.92 Å². The SMILES string of the molecule is CC1CN(c2ncnc(Nc3cccc(C(C)(F)F)c3)c2C=N)C1. The van der Waals surface area contributed by atoms with Crippen LogP contribution in [0.1, 0.15) is 25.0 Å². The summed E-state index contributed by atoms with van der Waals surface area (Å²) in [5.74, 6) is -1.19. The van der Waals surface area contributed by atoms with Crippen LogP contribution in [0.3, 0.4) is 0 Å². The molecule has 1 saturated heterocycles. The number of nitrogens with zero attached hydrogens (tertiary/aromatic N) is 3. The molecule has 0 amide bonds. The van der Waals surface area contributed by atoms with Gasteiger partial charge in [0.05, 0.1) is 5.56 Å². The predicted octanol–water partition coefficient (Wildman–Crippen LogP) is 3.79. The first-order valence-corrected chi connectivity index (χ1v) is 7.74. The number of alkyl halides is 2. The highest BCUT2D eigenvalue weighted by Gasteiger charge is 2.27. The standard InChI is InChI=1S/C17H19F2N5/c1-11-8-24(9-11)16-14(7-20)15(21-10-22-16)23-13-5-3-4-12(6-13)17(2,18)19/h3-7,10-11,20H,8-9H2,1-2H3,(H,21,22,23). The van der Waals surface area contributed by atoms with Gasteiger partial charge in [0, 0.05) is 37.5 Å². The minimum absolute atomic E-state index is 0.0743. The lowest BCUT2D eigenvalue weighted by atomic mass is 10.0. The average molecular weight is 331 g/mol. The van der Waals surface area contributed by atoms with Crippen LogP contribution < -0.4 is 10.2 Å². The van der Waals surface area contributed by atoms with Crippen LogP contribution in [0.15, 0.2) is 30.6 Å². The van der Waals surface area contributed by atoms with Crippen LogP contribution >= 0.6 is 0 Å². The number of rotatable bonds is 5. The minimum atomic E-state index is -2.91. The third-order valence-electron chi connectivity index (χ3n) is 4.00. The van der Waals surface area contributed by atoms with Gasteiger partial charge in [0.15, 0.2) is 0 Å². The van der Waals surface area contributed by atoms with E-state index in [4.69, 9.17) is 5.41 Å². The van der Waals surface area contributed by atoms with E-state index in [2.05, 4.69) is 27.1 Å². The average Bonchev–Trinajstić information content (AvgIpc) is 2.51. The van der Waals surface area contributed by atoms with Crippen molar-refractivity contribution in [1.82, 2.24) is 9.97 Å². The summed E-state index contributed by atoms with van der Waals surface area (Å²) < 4.78 is 27.0. The summed E-state index contributed by atoms with van der Waals surface area (Å²) in [7, 11) is 0. The Morgan fingerprint density at radius 3 is 2.71 bits per heavy atom. The van der Waals surface area contributed by atoms with Gasteiger partial charge in [0.2, 0.25) is 0 Å². The number of benzene rings is 1. The second-order valence-electron chi connectivity index (χ2n) is 6.21. The first kappa shape index (κ1) is 16.3. The summed E-state index contributed by atoms with van der Waals surface area (Å²) in [6, 6.07) is 6.03.